The molecule has 0 radical (unpaired) electrons. The number of likely N-dealkylation sites (N-methyl/N-ethyl adjacent to an activating group) is 1. The summed E-state index contributed by atoms with van der Waals surface area (Å²) in [5.41, 5.74) is 0. The molecular formula is C60H116N2O7P+. The van der Waals surface area contributed by atoms with Crippen molar-refractivity contribution >= 4 is 19.7 Å². The minimum Gasteiger partial charge on any atom is -0.456 e. The molecule has 0 aliphatic rings. The SMILES string of the molecule is CCCCCCCC/C=C\CCCCCC(=O)OC(/C=C\CCCCCCCCCCCC)C(COP(=O)(O)OCC[N+](C)(C)C)NC(=O)CCCCCCCCCCC/C=C/CCCCCCCC. The molecule has 9 nitrogen and oxygen atoms in total. The van der Waals surface area contributed by atoms with E-state index in [4.69, 9.17) is 13.8 Å². The van der Waals surface area contributed by atoms with E-state index in [1.54, 1.807) is 0 Å². The standard InChI is InChI=1S/C60H115N2O7P/c1-7-10-13-16-19-22-25-28-29-30-31-32-33-35-37-40-43-46-49-52-59(63)61-57(56-68-70(65,66)67-55-54-62(4,5)6)58(51-48-45-42-39-36-27-24-21-18-15-12-9-3)69-60(64)53-50-47-44-41-38-34-26-23-20-17-14-11-8-2/h28-29,34,38,48,51,57-58H,7-27,30-33,35-37,39-47,49-50,52-56H2,1-6H3,(H-,61,63,65,66)/p+1/b29-28+,38-34-,51-48-. The zero-order chi connectivity index (χ0) is 51.5. The lowest BCUT2D eigenvalue weighted by Gasteiger charge is -2.27. The molecule has 1 amide bonds. The number of unbranched alkanes of at least 4 members (excludes halogenated alkanes) is 34. The predicted octanol–water partition coefficient (Wildman–Crippen LogP) is 17.9. The number of carbonyl (C=O) groups excluding carboxylic acids is 2. The van der Waals surface area contributed by atoms with Crippen LogP contribution < -0.4 is 5.32 Å². The topological polar surface area (TPSA) is 111 Å². The smallest absolute Gasteiger partial charge is 0.456 e. The van der Waals surface area contributed by atoms with Crippen LogP contribution in [0.1, 0.15) is 284 Å². The molecule has 2 N–H and O–H groups in total. The minimum absolute atomic E-state index is 0.0391. The normalized spacial score (nSPS) is 14.0. The number of hydrogen-bond donors (Lipinski definition) is 2. The number of nitrogens with one attached hydrogen (secondary N) is 1. The van der Waals surface area contributed by atoms with Gasteiger partial charge < -0.3 is 19.4 Å². The molecule has 0 rings (SSSR count). The number of esters is 1. The van der Waals surface area contributed by atoms with Crippen LogP contribution in [-0.2, 0) is 27.9 Å². The first-order valence-electron chi connectivity index (χ1n) is 29.8. The van der Waals surface area contributed by atoms with Gasteiger partial charge in [-0.25, -0.2) is 4.57 Å². The lowest BCUT2D eigenvalue weighted by molar-refractivity contribution is -0.870. The van der Waals surface area contributed by atoms with Crippen LogP contribution in [0.2, 0.25) is 0 Å². The molecule has 0 fully saturated rings. The number of allylic oxidation sites excluding steroid dienone is 5. The number of phosphoric acid groups is 1. The Morgan fingerprint density at radius 3 is 1.23 bits per heavy atom. The maximum Gasteiger partial charge on any atom is 0.472 e. The molecule has 0 saturated carbocycles. The fourth-order valence-corrected chi connectivity index (χ4v) is 9.37. The molecule has 0 spiro atoms. The van der Waals surface area contributed by atoms with Crippen molar-refractivity contribution in [3.05, 3.63) is 36.5 Å². The average molecular weight is 1010 g/mol. The maximum absolute atomic E-state index is 13.5. The molecule has 0 saturated heterocycles. The van der Waals surface area contributed by atoms with Gasteiger partial charge in [-0.05, 0) is 83.1 Å². The highest BCUT2D eigenvalue weighted by molar-refractivity contribution is 7.47. The van der Waals surface area contributed by atoms with Crippen LogP contribution in [0.25, 0.3) is 0 Å². The van der Waals surface area contributed by atoms with Gasteiger partial charge in [0.15, 0.2) is 0 Å². The van der Waals surface area contributed by atoms with E-state index in [2.05, 4.69) is 50.4 Å². The number of hydrogen-bond acceptors (Lipinski definition) is 6. The van der Waals surface area contributed by atoms with Crippen molar-refractivity contribution in [1.29, 1.82) is 0 Å². The van der Waals surface area contributed by atoms with E-state index in [0.29, 0.717) is 17.4 Å². The first-order chi connectivity index (χ1) is 33.9. The fraction of sp³-hybridized carbons (Fsp3) is 0.867. The molecule has 0 heterocycles. The summed E-state index contributed by atoms with van der Waals surface area (Å²) >= 11 is 0. The van der Waals surface area contributed by atoms with Gasteiger partial charge in [0.25, 0.3) is 0 Å². The maximum atomic E-state index is 13.5. The van der Waals surface area contributed by atoms with Crippen LogP contribution >= 0.6 is 7.82 Å². The number of quaternary nitrogens is 1. The molecule has 0 aliphatic heterocycles. The van der Waals surface area contributed by atoms with Crippen molar-refractivity contribution in [3.63, 3.8) is 0 Å². The molecular weight excluding hydrogens is 892 g/mol. The summed E-state index contributed by atoms with van der Waals surface area (Å²) in [7, 11) is 1.49. The van der Waals surface area contributed by atoms with Crippen LogP contribution in [-0.4, -0.2) is 74.3 Å². The number of nitrogens with zero attached hydrogens (tertiary/aromatic N) is 1. The Hall–Kier alpha value is -1.77. The van der Waals surface area contributed by atoms with E-state index in [1.807, 2.05) is 33.3 Å². The number of amides is 1. The highest BCUT2D eigenvalue weighted by atomic mass is 31.2. The van der Waals surface area contributed by atoms with Gasteiger partial charge in [0.05, 0.1) is 33.8 Å². The van der Waals surface area contributed by atoms with Crippen LogP contribution in [0.5, 0.6) is 0 Å². The first kappa shape index (κ1) is 68.2. The molecule has 70 heavy (non-hydrogen) atoms. The molecule has 0 aromatic rings. The fourth-order valence-electron chi connectivity index (χ4n) is 8.64. The summed E-state index contributed by atoms with van der Waals surface area (Å²) in [5, 5.41) is 3.05. The first-order valence-corrected chi connectivity index (χ1v) is 31.3. The Morgan fingerprint density at radius 2 is 0.829 bits per heavy atom. The Bertz CT molecular complexity index is 1300. The highest BCUT2D eigenvalue weighted by Gasteiger charge is 2.30. The van der Waals surface area contributed by atoms with Crippen molar-refractivity contribution in [2.45, 2.75) is 296 Å². The third kappa shape index (κ3) is 51.1. The second-order valence-electron chi connectivity index (χ2n) is 21.5. The van der Waals surface area contributed by atoms with E-state index >= 15 is 0 Å². The van der Waals surface area contributed by atoms with Gasteiger partial charge in [0.1, 0.15) is 19.3 Å². The van der Waals surface area contributed by atoms with Gasteiger partial charge in [-0.1, -0.05) is 225 Å². The Labute approximate surface area is 434 Å². The third-order valence-electron chi connectivity index (χ3n) is 13.3. The molecule has 0 aliphatic carbocycles. The van der Waals surface area contributed by atoms with Crippen LogP contribution in [0.3, 0.4) is 0 Å². The van der Waals surface area contributed by atoms with Crippen molar-refractivity contribution in [1.82, 2.24) is 5.32 Å². The lowest BCUT2D eigenvalue weighted by atomic mass is 10.0. The van der Waals surface area contributed by atoms with Gasteiger partial charge in [0.2, 0.25) is 5.91 Å². The quantitative estimate of drug-likeness (QED) is 0.0205. The minimum atomic E-state index is -4.44. The Balaban J connectivity index is 5.28. The number of phosphoric ester groups is 1. The Kier molecular flexibility index (Phi) is 49.5. The summed E-state index contributed by atoms with van der Waals surface area (Å²) in [6.07, 6.45) is 59.9. The number of carbonyl (C=O) groups is 2. The van der Waals surface area contributed by atoms with Gasteiger partial charge in [0, 0.05) is 12.8 Å². The number of rotatable bonds is 54. The largest absolute Gasteiger partial charge is 0.472 e. The van der Waals surface area contributed by atoms with Gasteiger partial charge >= 0.3 is 13.8 Å². The molecule has 3 atom stereocenters. The zero-order valence-electron chi connectivity index (χ0n) is 47.0. The number of ether oxygens (including phenoxy) is 1. The molecule has 0 aromatic heterocycles. The zero-order valence-corrected chi connectivity index (χ0v) is 47.9. The summed E-state index contributed by atoms with van der Waals surface area (Å²) in [5.74, 6) is -0.518. The van der Waals surface area contributed by atoms with E-state index in [1.165, 1.54) is 180 Å². The van der Waals surface area contributed by atoms with Crippen molar-refractivity contribution < 1.29 is 37.3 Å². The highest BCUT2D eigenvalue weighted by Crippen LogP contribution is 2.43. The Morgan fingerprint density at radius 1 is 0.486 bits per heavy atom. The van der Waals surface area contributed by atoms with Crippen LogP contribution in [0.4, 0.5) is 0 Å². The summed E-state index contributed by atoms with van der Waals surface area (Å²) in [6.45, 7) is 7.01. The van der Waals surface area contributed by atoms with Crippen molar-refractivity contribution in [2.75, 3.05) is 40.9 Å². The molecule has 0 aromatic carbocycles. The lowest BCUT2D eigenvalue weighted by Crippen LogP contribution is -2.47. The van der Waals surface area contributed by atoms with Crippen molar-refractivity contribution in [2.24, 2.45) is 0 Å². The van der Waals surface area contributed by atoms with Gasteiger partial charge in [-0.3, -0.25) is 18.6 Å². The van der Waals surface area contributed by atoms with E-state index in [9.17, 15) is 19.0 Å². The summed E-state index contributed by atoms with van der Waals surface area (Å²) in [6, 6.07) is -0.851. The van der Waals surface area contributed by atoms with Gasteiger partial charge in [-0.15, -0.1) is 0 Å². The molecule has 412 valence electrons. The molecule has 3 unspecified atom stereocenters. The average Bonchev–Trinajstić information content (AvgIpc) is 3.32. The van der Waals surface area contributed by atoms with E-state index in [0.717, 1.165) is 70.6 Å². The molecule has 0 bridgehead atoms. The predicted molar refractivity (Wildman–Crippen MR) is 300 cm³/mol. The summed E-state index contributed by atoms with van der Waals surface area (Å²) < 4.78 is 30.6. The van der Waals surface area contributed by atoms with E-state index in [-0.39, 0.29) is 31.5 Å². The summed E-state index contributed by atoms with van der Waals surface area (Å²) in [4.78, 5) is 37.6. The second-order valence-corrected chi connectivity index (χ2v) is 23.0. The van der Waals surface area contributed by atoms with Crippen LogP contribution in [0.15, 0.2) is 36.5 Å². The second kappa shape index (κ2) is 50.7. The van der Waals surface area contributed by atoms with Gasteiger partial charge in [-0.2, -0.15) is 0 Å². The van der Waals surface area contributed by atoms with E-state index < -0.39 is 20.0 Å². The molecule has 10 heteroatoms. The third-order valence-corrected chi connectivity index (χ3v) is 14.3. The van der Waals surface area contributed by atoms with Crippen LogP contribution in [0, 0.1) is 0 Å². The monoisotopic (exact) mass is 1010 g/mol. The van der Waals surface area contributed by atoms with Crippen molar-refractivity contribution in [3.8, 4) is 0 Å².